The summed E-state index contributed by atoms with van der Waals surface area (Å²) in [5.41, 5.74) is 4.08. The Bertz CT molecular complexity index is 844. The molecule has 1 aliphatic heterocycles. The lowest BCUT2D eigenvalue weighted by Gasteiger charge is -2.19. The number of hydrogen-bond acceptors (Lipinski definition) is 4. The molecule has 0 amide bonds. The predicted octanol–water partition coefficient (Wildman–Crippen LogP) is 3.79. The van der Waals surface area contributed by atoms with Gasteiger partial charge in [0.05, 0.1) is 6.10 Å². The van der Waals surface area contributed by atoms with E-state index in [2.05, 4.69) is 18.1 Å². The van der Waals surface area contributed by atoms with E-state index in [9.17, 15) is 15.3 Å². The first-order valence-electron chi connectivity index (χ1n) is 9.31. The minimum absolute atomic E-state index is 0.136. The molecule has 1 atom stereocenters. The summed E-state index contributed by atoms with van der Waals surface area (Å²) in [6, 6.07) is 9.30. The van der Waals surface area contributed by atoms with Gasteiger partial charge in [0.25, 0.3) is 0 Å². The van der Waals surface area contributed by atoms with E-state index in [-0.39, 0.29) is 17.6 Å². The Morgan fingerprint density at radius 1 is 1.00 bits per heavy atom. The van der Waals surface area contributed by atoms with Crippen LogP contribution in [0.25, 0.3) is 11.1 Å². The van der Waals surface area contributed by atoms with Crippen molar-refractivity contribution in [2.75, 3.05) is 13.1 Å². The smallest absolute Gasteiger partial charge is 0.128 e. The van der Waals surface area contributed by atoms with Crippen molar-refractivity contribution in [2.45, 2.75) is 31.9 Å². The number of nitrogens with zero attached hydrogens (tertiary/aromatic N) is 1. The highest BCUT2D eigenvalue weighted by Crippen LogP contribution is 2.39. The van der Waals surface area contributed by atoms with E-state index < -0.39 is 0 Å². The van der Waals surface area contributed by atoms with Gasteiger partial charge in [-0.15, -0.1) is 13.2 Å². The summed E-state index contributed by atoms with van der Waals surface area (Å²) in [4.78, 5) is 2.13. The van der Waals surface area contributed by atoms with Gasteiger partial charge < -0.3 is 15.3 Å². The quantitative estimate of drug-likeness (QED) is 0.653. The first-order chi connectivity index (χ1) is 13.0. The van der Waals surface area contributed by atoms with Crippen molar-refractivity contribution in [1.82, 2.24) is 4.90 Å². The molecule has 4 nitrogen and oxygen atoms in total. The summed E-state index contributed by atoms with van der Waals surface area (Å²) in [6.45, 7) is 9.56. The van der Waals surface area contributed by atoms with Gasteiger partial charge in [0, 0.05) is 36.3 Å². The van der Waals surface area contributed by atoms with E-state index in [4.69, 9.17) is 0 Å². The average Bonchev–Trinajstić information content (AvgIpc) is 3.05. The summed E-state index contributed by atoms with van der Waals surface area (Å²) in [6.07, 6.45) is 5.46. The first kappa shape index (κ1) is 19.2. The third-order valence-electron chi connectivity index (χ3n) is 5.00. The number of phenolic OH excluding ortho intramolecular Hbond substituents is 2. The maximum atomic E-state index is 11.0. The van der Waals surface area contributed by atoms with Crippen LogP contribution in [0.15, 0.2) is 55.6 Å². The Hall–Kier alpha value is -2.56. The van der Waals surface area contributed by atoms with Crippen molar-refractivity contribution in [1.29, 1.82) is 0 Å². The number of phenols is 2. The topological polar surface area (TPSA) is 63.9 Å². The minimum Gasteiger partial charge on any atom is -0.507 e. The number of rotatable bonds is 7. The fraction of sp³-hybridized carbons (Fsp3) is 0.304. The van der Waals surface area contributed by atoms with Crippen LogP contribution in [0.4, 0.5) is 0 Å². The number of aliphatic hydroxyl groups is 1. The van der Waals surface area contributed by atoms with E-state index in [0.29, 0.717) is 37.1 Å². The summed E-state index contributed by atoms with van der Waals surface area (Å²) < 4.78 is 0. The van der Waals surface area contributed by atoms with Crippen LogP contribution < -0.4 is 0 Å². The molecule has 0 bridgehead atoms. The molecule has 0 radical (unpaired) electrons. The number of β-amino-alcohol motifs (C(OH)–C–C–N with tert-alkyl or cyclic N) is 1. The Morgan fingerprint density at radius 3 is 2.37 bits per heavy atom. The van der Waals surface area contributed by atoms with Gasteiger partial charge in [-0.2, -0.15) is 0 Å². The lowest BCUT2D eigenvalue weighted by atomic mass is 9.94. The number of aliphatic hydroxyl groups excluding tert-OH is 1. The van der Waals surface area contributed by atoms with Crippen LogP contribution >= 0.6 is 0 Å². The number of hydrogen-bond donors (Lipinski definition) is 3. The molecule has 0 unspecified atom stereocenters. The van der Waals surface area contributed by atoms with Crippen molar-refractivity contribution >= 4 is 0 Å². The van der Waals surface area contributed by atoms with Crippen LogP contribution in [0.1, 0.15) is 23.1 Å². The summed E-state index contributed by atoms with van der Waals surface area (Å²) in [5.74, 6) is 0.312. The van der Waals surface area contributed by atoms with Crippen LogP contribution in [0, 0.1) is 0 Å². The highest BCUT2D eigenvalue weighted by Gasteiger charge is 2.22. The molecule has 142 valence electrons. The zero-order chi connectivity index (χ0) is 19.4. The van der Waals surface area contributed by atoms with Gasteiger partial charge in [-0.25, -0.2) is 0 Å². The van der Waals surface area contributed by atoms with Crippen LogP contribution in [-0.2, 0) is 19.4 Å². The monoisotopic (exact) mass is 365 g/mol. The predicted molar refractivity (Wildman–Crippen MR) is 109 cm³/mol. The Kier molecular flexibility index (Phi) is 5.99. The van der Waals surface area contributed by atoms with E-state index in [1.54, 1.807) is 6.07 Å². The molecule has 0 saturated carbocycles. The minimum atomic E-state index is -0.303. The number of aromatic hydroxyl groups is 2. The maximum absolute atomic E-state index is 11.0. The average molecular weight is 365 g/mol. The molecule has 27 heavy (non-hydrogen) atoms. The normalized spacial score (nSPS) is 17.1. The second-order valence-electron chi connectivity index (χ2n) is 7.17. The number of allylic oxidation sites excluding steroid dienone is 2. The fourth-order valence-electron chi connectivity index (χ4n) is 3.66. The van der Waals surface area contributed by atoms with Crippen LogP contribution in [0.2, 0.25) is 0 Å². The molecule has 2 aromatic carbocycles. The molecule has 0 aromatic heterocycles. The Balaban J connectivity index is 2.05. The molecule has 1 aliphatic rings. The lowest BCUT2D eigenvalue weighted by Crippen LogP contribution is -2.21. The molecule has 1 saturated heterocycles. The molecule has 0 aliphatic carbocycles. The van der Waals surface area contributed by atoms with Crippen molar-refractivity contribution in [3.8, 4) is 22.6 Å². The van der Waals surface area contributed by atoms with Gasteiger partial charge in [-0.05, 0) is 48.6 Å². The van der Waals surface area contributed by atoms with Crippen LogP contribution in [-0.4, -0.2) is 39.4 Å². The molecule has 1 heterocycles. The third kappa shape index (κ3) is 4.41. The summed E-state index contributed by atoms with van der Waals surface area (Å²) in [7, 11) is 0. The van der Waals surface area contributed by atoms with Crippen LogP contribution in [0.5, 0.6) is 11.5 Å². The number of likely N-dealkylation sites (tertiary alicyclic amines) is 1. The molecule has 4 heteroatoms. The van der Waals surface area contributed by atoms with Crippen molar-refractivity contribution < 1.29 is 15.3 Å². The number of benzene rings is 2. The van der Waals surface area contributed by atoms with Crippen molar-refractivity contribution in [3.05, 3.63) is 72.3 Å². The van der Waals surface area contributed by atoms with Gasteiger partial charge in [-0.1, -0.05) is 24.3 Å². The van der Waals surface area contributed by atoms with E-state index in [0.717, 1.165) is 29.7 Å². The van der Waals surface area contributed by atoms with Gasteiger partial charge in [0.1, 0.15) is 11.5 Å². The first-order valence-corrected chi connectivity index (χ1v) is 9.31. The molecule has 3 N–H and O–H groups in total. The molecular formula is C23H27NO3. The largest absolute Gasteiger partial charge is 0.507 e. The SMILES string of the molecule is C=CCc1ccc(O)c(-c2cc(CC=C)cc(CN3CC[C@@H](O)C3)c2O)c1. The van der Waals surface area contributed by atoms with Gasteiger partial charge in [0.15, 0.2) is 0 Å². The van der Waals surface area contributed by atoms with E-state index in [1.807, 2.05) is 36.4 Å². The molecule has 1 fully saturated rings. The van der Waals surface area contributed by atoms with Crippen molar-refractivity contribution in [2.24, 2.45) is 0 Å². The second kappa shape index (κ2) is 8.42. The van der Waals surface area contributed by atoms with E-state index >= 15 is 0 Å². The maximum Gasteiger partial charge on any atom is 0.128 e. The molecule has 2 aromatic rings. The molecule has 3 rings (SSSR count). The zero-order valence-corrected chi connectivity index (χ0v) is 15.6. The Labute approximate surface area is 160 Å². The molecule has 0 spiro atoms. The van der Waals surface area contributed by atoms with Crippen LogP contribution in [0.3, 0.4) is 0 Å². The molecular weight excluding hydrogens is 338 g/mol. The third-order valence-corrected chi connectivity index (χ3v) is 5.00. The standard InChI is InChI=1S/C23H27NO3/c1-3-5-16-7-8-22(26)20(12-16)21-13-17(6-4-2)11-18(23(21)27)14-24-10-9-19(25)15-24/h3-4,7-8,11-13,19,25-27H,1-2,5-6,9-10,14-15H2/t19-/m1/s1. The van der Waals surface area contributed by atoms with Gasteiger partial charge in [-0.3, -0.25) is 4.90 Å². The lowest BCUT2D eigenvalue weighted by molar-refractivity contribution is 0.174. The second-order valence-corrected chi connectivity index (χ2v) is 7.17. The highest BCUT2D eigenvalue weighted by atomic mass is 16.3. The van der Waals surface area contributed by atoms with E-state index in [1.165, 1.54) is 0 Å². The van der Waals surface area contributed by atoms with Gasteiger partial charge in [0.2, 0.25) is 0 Å². The fourth-order valence-corrected chi connectivity index (χ4v) is 3.66. The summed E-state index contributed by atoms with van der Waals surface area (Å²) in [5, 5.41) is 31.1. The summed E-state index contributed by atoms with van der Waals surface area (Å²) >= 11 is 0. The zero-order valence-electron chi connectivity index (χ0n) is 15.6. The van der Waals surface area contributed by atoms with Crippen molar-refractivity contribution in [3.63, 3.8) is 0 Å². The Morgan fingerprint density at radius 2 is 1.70 bits per heavy atom. The highest BCUT2D eigenvalue weighted by molar-refractivity contribution is 5.78. The van der Waals surface area contributed by atoms with Gasteiger partial charge >= 0.3 is 0 Å².